The molecule has 2 fully saturated rings. The van der Waals surface area contributed by atoms with Crippen LogP contribution in [-0.4, -0.2) is 39.6 Å². The number of rotatable bonds is 3. The number of imidazole rings is 1. The SMILES string of the molecule is CC(C)n1cncc1CN1CC2CNCC2C1(C)C. The molecule has 4 heteroatoms. The summed E-state index contributed by atoms with van der Waals surface area (Å²) in [6.45, 7) is 13.9. The van der Waals surface area contributed by atoms with Crippen LogP contribution in [0.1, 0.15) is 39.4 Å². The van der Waals surface area contributed by atoms with E-state index < -0.39 is 0 Å². The molecule has 1 N–H and O–H groups in total. The van der Waals surface area contributed by atoms with E-state index >= 15 is 0 Å². The maximum absolute atomic E-state index is 4.33. The van der Waals surface area contributed by atoms with Crippen LogP contribution in [0.15, 0.2) is 12.5 Å². The Labute approximate surface area is 116 Å². The van der Waals surface area contributed by atoms with Gasteiger partial charge in [-0.1, -0.05) is 0 Å². The van der Waals surface area contributed by atoms with Gasteiger partial charge in [0, 0.05) is 37.4 Å². The second kappa shape index (κ2) is 4.60. The van der Waals surface area contributed by atoms with E-state index in [2.05, 4.69) is 47.5 Å². The van der Waals surface area contributed by atoms with Gasteiger partial charge in [-0.05, 0) is 46.1 Å². The Balaban J connectivity index is 1.78. The number of fused-ring (bicyclic) bond motifs is 1. The standard InChI is InChI=1S/C15H26N4/c1-11(2)19-10-17-6-13(19)9-18-8-12-5-16-7-14(12)15(18,3)4/h6,10-12,14,16H,5,7-9H2,1-4H3. The summed E-state index contributed by atoms with van der Waals surface area (Å²) in [6.07, 6.45) is 3.99. The fraction of sp³-hybridized carbons (Fsp3) is 0.800. The lowest BCUT2D eigenvalue weighted by Gasteiger charge is -2.35. The normalized spacial score (nSPS) is 30.2. The first-order chi connectivity index (χ1) is 9.00. The molecule has 0 saturated carbocycles. The number of nitrogens with one attached hydrogen (secondary N) is 1. The predicted octanol–water partition coefficient (Wildman–Crippen LogP) is 1.89. The third-order valence-electron chi connectivity index (χ3n) is 5.17. The summed E-state index contributed by atoms with van der Waals surface area (Å²) in [6, 6.07) is 0.490. The summed E-state index contributed by atoms with van der Waals surface area (Å²) < 4.78 is 2.29. The van der Waals surface area contributed by atoms with Crippen LogP contribution in [0.2, 0.25) is 0 Å². The third kappa shape index (κ3) is 2.11. The van der Waals surface area contributed by atoms with Gasteiger partial charge in [-0.25, -0.2) is 4.98 Å². The zero-order valence-corrected chi connectivity index (χ0v) is 12.6. The van der Waals surface area contributed by atoms with E-state index in [0.717, 1.165) is 18.4 Å². The molecule has 0 radical (unpaired) electrons. The van der Waals surface area contributed by atoms with E-state index in [-0.39, 0.29) is 0 Å². The number of hydrogen-bond donors (Lipinski definition) is 1. The van der Waals surface area contributed by atoms with Crippen molar-refractivity contribution in [3.05, 3.63) is 18.2 Å². The van der Waals surface area contributed by atoms with E-state index in [9.17, 15) is 0 Å². The van der Waals surface area contributed by atoms with Gasteiger partial charge in [0.05, 0.1) is 12.0 Å². The summed E-state index contributed by atoms with van der Waals surface area (Å²) in [5.41, 5.74) is 1.64. The molecule has 0 spiro atoms. The lowest BCUT2D eigenvalue weighted by Crippen LogP contribution is -2.44. The van der Waals surface area contributed by atoms with Gasteiger partial charge < -0.3 is 9.88 Å². The van der Waals surface area contributed by atoms with Gasteiger partial charge in [0.2, 0.25) is 0 Å². The molecule has 106 valence electrons. The monoisotopic (exact) mass is 262 g/mol. The Hall–Kier alpha value is -0.870. The van der Waals surface area contributed by atoms with Gasteiger partial charge in [-0.3, -0.25) is 4.90 Å². The van der Waals surface area contributed by atoms with E-state index in [1.54, 1.807) is 0 Å². The molecule has 2 atom stereocenters. The average Bonchev–Trinajstić information content (AvgIpc) is 2.99. The highest BCUT2D eigenvalue weighted by Gasteiger charge is 2.49. The molecule has 19 heavy (non-hydrogen) atoms. The van der Waals surface area contributed by atoms with E-state index in [1.807, 2.05) is 12.5 Å². The Kier molecular flexibility index (Phi) is 3.18. The van der Waals surface area contributed by atoms with Crippen LogP contribution in [0.4, 0.5) is 0 Å². The second-order valence-electron chi connectivity index (χ2n) is 6.95. The minimum Gasteiger partial charge on any atom is -0.331 e. The lowest BCUT2D eigenvalue weighted by molar-refractivity contribution is 0.128. The minimum atomic E-state index is 0.292. The van der Waals surface area contributed by atoms with E-state index in [4.69, 9.17) is 0 Å². The highest BCUT2D eigenvalue weighted by Crippen LogP contribution is 2.41. The summed E-state index contributed by atoms with van der Waals surface area (Å²) in [7, 11) is 0. The molecule has 2 aliphatic heterocycles. The minimum absolute atomic E-state index is 0.292. The van der Waals surface area contributed by atoms with Crippen LogP contribution in [-0.2, 0) is 6.54 Å². The van der Waals surface area contributed by atoms with Crippen molar-refractivity contribution < 1.29 is 0 Å². The smallest absolute Gasteiger partial charge is 0.0951 e. The molecule has 3 heterocycles. The maximum atomic E-state index is 4.33. The molecule has 2 saturated heterocycles. The van der Waals surface area contributed by atoms with Crippen molar-refractivity contribution >= 4 is 0 Å². The fourth-order valence-corrected chi connectivity index (χ4v) is 3.89. The molecule has 0 amide bonds. The number of nitrogens with zero attached hydrogens (tertiary/aromatic N) is 3. The first-order valence-electron chi connectivity index (χ1n) is 7.46. The Morgan fingerprint density at radius 2 is 2.21 bits per heavy atom. The number of aromatic nitrogens is 2. The highest BCUT2D eigenvalue weighted by molar-refractivity contribution is 5.08. The van der Waals surface area contributed by atoms with Crippen LogP contribution < -0.4 is 5.32 Å². The molecule has 1 aromatic heterocycles. The third-order valence-corrected chi connectivity index (χ3v) is 5.17. The van der Waals surface area contributed by atoms with Gasteiger partial charge in [-0.15, -0.1) is 0 Å². The topological polar surface area (TPSA) is 33.1 Å². The van der Waals surface area contributed by atoms with Crippen molar-refractivity contribution in [2.45, 2.75) is 45.8 Å². The van der Waals surface area contributed by atoms with Crippen LogP contribution in [0.5, 0.6) is 0 Å². The van der Waals surface area contributed by atoms with E-state index in [1.165, 1.54) is 25.3 Å². The van der Waals surface area contributed by atoms with Crippen molar-refractivity contribution in [3.63, 3.8) is 0 Å². The largest absolute Gasteiger partial charge is 0.331 e. The van der Waals surface area contributed by atoms with Crippen molar-refractivity contribution in [1.29, 1.82) is 0 Å². The molecule has 2 aliphatic rings. The Morgan fingerprint density at radius 3 is 2.89 bits per heavy atom. The fourth-order valence-electron chi connectivity index (χ4n) is 3.89. The summed E-state index contributed by atoms with van der Waals surface area (Å²) in [5.74, 6) is 1.62. The number of likely N-dealkylation sites (tertiary alicyclic amines) is 1. The van der Waals surface area contributed by atoms with Crippen molar-refractivity contribution in [3.8, 4) is 0 Å². The average molecular weight is 262 g/mol. The predicted molar refractivity (Wildman–Crippen MR) is 77.0 cm³/mol. The molecule has 3 rings (SSSR count). The summed E-state index contributed by atoms with van der Waals surface area (Å²) >= 11 is 0. The first-order valence-corrected chi connectivity index (χ1v) is 7.46. The Morgan fingerprint density at radius 1 is 1.42 bits per heavy atom. The van der Waals surface area contributed by atoms with Gasteiger partial charge in [0.25, 0.3) is 0 Å². The van der Waals surface area contributed by atoms with Gasteiger partial charge in [0.15, 0.2) is 0 Å². The molecular weight excluding hydrogens is 236 g/mol. The molecule has 4 nitrogen and oxygen atoms in total. The van der Waals surface area contributed by atoms with Crippen LogP contribution in [0.3, 0.4) is 0 Å². The zero-order chi connectivity index (χ0) is 13.6. The van der Waals surface area contributed by atoms with E-state index in [0.29, 0.717) is 11.6 Å². The molecule has 0 bridgehead atoms. The van der Waals surface area contributed by atoms with Crippen molar-refractivity contribution in [1.82, 2.24) is 19.8 Å². The maximum Gasteiger partial charge on any atom is 0.0951 e. The van der Waals surface area contributed by atoms with Crippen molar-refractivity contribution in [2.75, 3.05) is 19.6 Å². The molecule has 0 aliphatic carbocycles. The van der Waals surface area contributed by atoms with Crippen LogP contribution >= 0.6 is 0 Å². The van der Waals surface area contributed by atoms with Crippen LogP contribution in [0.25, 0.3) is 0 Å². The molecule has 2 unspecified atom stereocenters. The number of hydrogen-bond acceptors (Lipinski definition) is 3. The summed E-state index contributed by atoms with van der Waals surface area (Å²) in [4.78, 5) is 6.98. The van der Waals surface area contributed by atoms with Gasteiger partial charge >= 0.3 is 0 Å². The molecule has 1 aromatic rings. The first kappa shape index (κ1) is 13.1. The lowest BCUT2D eigenvalue weighted by atomic mass is 9.85. The molecular formula is C15H26N4. The van der Waals surface area contributed by atoms with Crippen LogP contribution in [0, 0.1) is 11.8 Å². The summed E-state index contributed by atoms with van der Waals surface area (Å²) in [5, 5.41) is 3.54. The molecule has 0 aromatic carbocycles. The second-order valence-corrected chi connectivity index (χ2v) is 6.95. The Bertz CT molecular complexity index is 449. The quantitative estimate of drug-likeness (QED) is 0.903. The highest BCUT2D eigenvalue weighted by atomic mass is 15.3. The van der Waals surface area contributed by atoms with Gasteiger partial charge in [0.1, 0.15) is 0 Å². The zero-order valence-electron chi connectivity index (χ0n) is 12.6. The van der Waals surface area contributed by atoms with Crippen molar-refractivity contribution in [2.24, 2.45) is 11.8 Å². The van der Waals surface area contributed by atoms with Gasteiger partial charge in [-0.2, -0.15) is 0 Å².